The molecule has 5 heteroatoms. The Hall–Kier alpha value is -2.92. The van der Waals surface area contributed by atoms with E-state index in [0.29, 0.717) is 12.0 Å². The van der Waals surface area contributed by atoms with Crippen molar-refractivity contribution in [2.45, 2.75) is 53.4 Å². The number of hydrogen-bond acceptors (Lipinski definition) is 5. The molecule has 0 heterocycles. The normalized spacial score (nSPS) is 12.7. The van der Waals surface area contributed by atoms with Crippen LogP contribution in [0.2, 0.25) is 0 Å². The fraction of sp³-hybridized carbons (Fsp3) is 0.467. The molecule has 0 radical (unpaired) electrons. The number of benzene rings is 2. The summed E-state index contributed by atoms with van der Waals surface area (Å²) in [6.07, 6.45) is 4.15. The number of rotatable bonds is 14. The van der Waals surface area contributed by atoms with Crippen molar-refractivity contribution in [2.24, 2.45) is 17.8 Å². The largest absolute Gasteiger partial charge is 0.465 e. The highest BCUT2D eigenvalue weighted by atomic mass is 16.5. The summed E-state index contributed by atoms with van der Waals surface area (Å²) in [5.41, 5.74) is 5.05. The predicted octanol–water partition coefficient (Wildman–Crippen LogP) is 5.78. The number of hydrogen-bond donors (Lipinski definition) is 1. The molecule has 2 aromatic carbocycles. The maximum absolute atomic E-state index is 12.0. The topological polar surface area (TPSA) is 72.8 Å². The number of aliphatic hydroxyl groups is 1. The highest BCUT2D eigenvalue weighted by Crippen LogP contribution is 2.22. The molecule has 0 aliphatic rings. The molecule has 0 saturated carbocycles. The zero-order valence-corrected chi connectivity index (χ0v) is 21.6. The molecular formula is C30H40O5. The quantitative estimate of drug-likeness (QED) is 0.274. The molecular weight excluding hydrogens is 440 g/mol. The van der Waals surface area contributed by atoms with Crippen molar-refractivity contribution in [3.05, 3.63) is 71.8 Å². The second-order valence-corrected chi connectivity index (χ2v) is 9.84. The van der Waals surface area contributed by atoms with Crippen molar-refractivity contribution in [3.8, 4) is 11.1 Å². The Morgan fingerprint density at radius 2 is 1.43 bits per heavy atom. The van der Waals surface area contributed by atoms with Gasteiger partial charge in [0.25, 0.3) is 0 Å². The van der Waals surface area contributed by atoms with E-state index in [1.165, 1.54) is 24.0 Å². The molecule has 0 fully saturated rings. The smallest absolute Gasteiger partial charge is 0.333 e. The second kappa shape index (κ2) is 14.5. The minimum Gasteiger partial charge on any atom is -0.465 e. The van der Waals surface area contributed by atoms with Gasteiger partial charge in [0.15, 0.2) is 0 Å². The van der Waals surface area contributed by atoms with Crippen LogP contribution in [0.15, 0.2) is 60.7 Å². The first-order chi connectivity index (χ1) is 16.7. The average molecular weight is 481 g/mol. The van der Waals surface area contributed by atoms with Gasteiger partial charge in [0.05, 0.1) is 25.7 Å². The third-order valence-electron chi connectivity index (χ3n) is 5.95. The van der Waals surface area contributed by atoms with E-state index in [0.717, 1.165) is 23.5 Å². The summed E-state index contributed by atoms with van der Waals surface area (Å²) in [7, 11) is 0. The molecule has 0 spiro atoms. The first kappa shape index (κ1) is 28.3. The van der Waals surface area contributed by atoms with Gasteiger partial charge in [0.1, 0.15) is 0 Å². The SMILES string of the molecule is C=C(C)C(=O)OCC(COC(=O)C(C)CO)Cc1ccc(-c2ccc(CCCC(C)C)cc2)cc1. The Kier molecular flexibility index (Phi) is 11.7. The van der Waals surface area contributed by atoms with E-state index in [1.807, 2.05) is 0 Å². The van der Waals surface area contributed by atoms with Crippen LogP contribution in [0.25, 0.3) is 11.1 Å². The van der Waals surface area contributed by atoms with Gasteiger partial charge in [-0.2, -0.15) is 0 Å². The lowest BCUT2D eigenvalue weighted by Gasteiger charge is -2.19. The molecule has 190 valence electrons. The van der Waals surface area contributed by atoms with E-state index in [4.69, 9.17) is 14.6 Å². The summed E-state index contributed by atoms with van der Waals surface area (Å²) in [6.45, 7) is 11.3. The number of aliphatic hydroxyl groups excluding tert-OH is 1. The fourth-order valence-corrected chi connectivity index (χ4v) is 3.64. The lowest BCUT2D eigenvalue weighted by molar-refractivity contribution is -0.152. The number of ether oxygens (including phenoxy) is 2. The third-order valence-corrected chi connectivity index (χ3v) is 5.95. The molecule has 0 amide bonds. The van der Waals surface area contributed by atoms with Crippen LogP contribution in [0.3, 0.4) is 0 Å². The standard InChI is InChI=1S/C30H40O5/c1-21(2)7-6-8-24-9-13-27(14-10-24)28-15-11-25(12-16-28)17-26(19-34-29(32)22(3)4)20-35-30(33)23(5)18-31/h9-16,21,23,26,31H,3,6-8,17-20H2,1-2,4-5H3. The van der Waals surface area contributed by atoms with Crippen molar-refractivity contribution in [1.82, 2.24) is 0 Å². The van der Waals surface area contributed by atoms with Gasteiger partial charge in [-0.15, -0.1) is 0 Å². The Labute approximate surface area is 210 Å². The maximum Gasteiger partial charge on any atom is 0.333 e. The molecule has 0 aliphatic heterocycles. The van der Waals surface area contributed by atoms with Gasteiger partial charge in [-0.25, -0.2) is 4.79 Å². The molecule has 1 N–H and O–H groups in total. The molecule has 5 nitrogen and oxygen atoms in total. The van der Waals surface area contributed by atoms with Gasteiger partial charge in [0, 0.05) is 11.5 Å². The predicted molar refractivity (Wildman–Crippen MR) is 140 cm³/mol. The lowest BCUT2D eigenvalue weighted by Crippen LogP contribution is -2.26. The van der Waals surface area contributed by atoms with Crippen LogP contribution in [0, 0.1) is 17.8 Å². The van der Waals surface area contributed by atoms with Crippen molar-refractivity contribution >= 4 is 11.9 Å². The molecule has 2 atom stereocenters. The van der Waals surface area contributed by atoms with Crippen molar-refractivity contribution < 1.29 is 24.2 Å². The van der Waals surface area contributed by atoms with Gasteiger partial charge < -0.3 is 14.6 Å². The first-order valence-electron chi connectivity index (χ1n) is 12.5. The summed E-state index contributed by atoms with van der Waals surface area (Å²) in [4.78, 5) is 23.8. The Balaban J connectivity index is 2.01. The zero-order valence-electron chi connectivity index (χ0n) is 21.6. The Bertz CT molecular complexity index is 944. The Morgan fingerprint density at radius 1 is 0.886 bits per heavy atom. The highest BCUT2D eigenvalue weighted by Gasteiger charge is 2.19. The van der Waals surface area contributed by atoms with Crippen LogP contribution in [-0.2, 0) is 31.9 Å². The molecule has 2 rings (SSSR count). The monoisotopic (exact) mass is 480 g/mol. The van der Waals surface area contributed by atoms with Gasteiger partial charge in [0.2, 0.25) is 0 Å². The van der Waals surface area contributed by atoms with Crippen LogP contribution < -0.4 is 0 Å². The maximum atomic E-state index is 12.0. The van der Waals surface area contributed by atoms with Crippen molar-refractivity contribution in [1.29, 1.82) is 0 Å². The van der Waals surface area contributed by atoms with E-state index < -0.39 is 17.9 Å². The van der Waals surface area contributed by atoms with Crippen LogP contribution in [-0.4, -0.2) is 36.9 Å². The summed E-state index contributed by atoms with van der Waals surface area (Å²) in [5, 5.41) is 9.16. The summed E-state index contributed by atoms with van der Waals surface area (Å²) < 4.78 is 10.7. The van der Waals surface area contributed by atoms with E-state index in [9.17, 15) is 9.59 Å². The van der Waals surface area contributed by atoms with Gasteiger partial charge in [-0.1, -0.05) is 75.4 Å². The van der Waals surface area contributed by atoms with Crippen molar-refractivity contribution in [3.63, 3.8) is 0 Å². The molecule has 0 aliphatic carbocycles. The third kappa shape index (κ3) is 10.1. The van der Waals surface area contributed by atoms with Crippen LogP contribution in [0.4, 0.5) is 0 Å². The highest BCUT2D eigenvalue weighted by molar-refractivity contribution is 5.86. The summed E-state index contributed by atoms with van der Waals surface area (Å²) in [5.74, 6) is -0.986. The Morgan fingerprint density at radius 3 is 1.94 bits per heavy atom. The minimum atomic E-state index is -0.588. The van der Waals surface area contributed by atoms with E-state index in [-0.39, 0.29) is 25.7 Å². The van der Waals surface area contributed by atoms with Gasteiger partial charge in [-0.05, 0) is 61.3 Å². The van der Waals surface area contributed by atoms with Gasteiger partial charge in [-0.3, -0.25) is 4.79 Å². The summed E-state index contributed by atoms with van der Waals surface area (Å²) >= 11 is 0. The first-order valence-corrected chi connectivity index (χ1v) is 12.5. The number of aryl methyl sites for hydroxylation is 1. The van der Waals surface area contributed by atoms with E-state index in [1.54, 1.807) is 13.8 Å². The van der Waals surface area contributed by atoms with E-state index >= 15 is 0 Å². The number of carbonyl (C=O) groups excluding carboxylic acids is 2. The average Bonchev–Trinajstić information content (AvgIpc) is 2.85. The molecule has 0 bridgehead atoms. The zero-order chi connectivity index (χ0) is 25.8. The summed E-state index contributed by atoms with van der Waals surface area (Å²) in [6, 6.07) is 17.0. The van der Waals surface area contributed by atoms with E-state index in [2.05, 4.69) is 69.0 Å². The second-order valence-electron chi connectivity index (χ2n) is 9.84. The van der Waals surface area contributed by atoms with Gasteiger partial charge >= 0.3 is 11.9 Å². The molecule has 0 saturated heterocycles. The molecule has 2 unspecified atom stereocenters. The van der Waals surface area contributed by atoms with Crippen LogP contribution in [0.5, 0.6) is 0 Å². The minimum absolute atomic E-state index is 0.104. The fourth-order valence-electron chi connectivity index (χ4n) is 3.64. The number of carbonyl (C=O) groups is 2. The molecule has 35 heavy (non-hydrogen) atoms. The molecule has 2 aromatic rings. The van der Waals surface area contributed by atoms with Crippen LogP contribution in [0.1, 0.15) is 51.7 Å². The lowest BCUT2D eigenvalue weighted by atomic mass is 9.96. The number of esters is 2. The molecule has 0 aromatic heterocycles. The van der Waals surface area contributed by atoms with Crippen molar-refractivity contribution in [2.75, 3.05) is 19.8 Å². The van der Waals surface area contributed by atoms with Crippen LogP contribution >= 0.6 is 0 Å².